The maximum atomic E-state index is 8.49. The summed E-state index contributed by atoms with van der Waals surface area (Å²) < 4.78 is 15.7. The van der Waals surface area contributed by atoms with Crippen LogP contribution < -0.4 is 14.2 Å². The second-order valence-corrected chi connectivity index (χ2v) is 3.36. The summed E-state index contributed by atoms with van der Waals surface area (Å²) in [6, 6.07) is 5.82. The summed E-state index contributed by atoms with van der Waals surface area (Å²) in [6.45, 7) is 0. The van der Waals surface area contributed by atoms with Gasteiger partial charge in [0.25, 0.3) is 0 Å². The van der Waals surface area contributed by atoms with E-state index in [2.05, 4.69) is 6.07 Å². The number of nitriles is 1. The Morgan fingerprint density at radius 1 is 1.12 bits per heavy atom. The summed E-state index contributed by atoms with van der Waals surface area (Å²) in [5.74, 6) is 1.82. The number of methoxy groups -OCH3 is 3. The lowest BCUT2D eigenvalue weighted by molar-refractivity contribution is 0.324. The van der Waals surface area contributed by atoms with Gasteiger partial charge in [0.2, 0.25) is 5.75 Å². The first-order valence-corrected chi connectivity index (χ1v) is 5.27. The zero-order valence-corrected chi connectivity index (χ0v) is 10.3. The van der Waals surface area contributed by atoms with Gasteiger partial charge in [-0.25, -0.2) is 0 Å². The minimum Gasteiger partial charge on any atom is -0.493 e. The molecule has 0 aliphatic heterocycles. The molecule has 0 aliphatic rings. The Morgan fingerprint density at radius 3 is 2.12 bits per heavy atom. The quantitative estimate of drug-likeness (QED) is 0.710. The molecule has 0 aliphatic carbocycles. The van der Waals surface area contributed by atoms with E-state index in [4.69, 9.17) is 19.5 Å². The van der Waals surface area contributed by atoms with Gasteiger partial charge in [-0.1, -0.05) is 0 Å². The first-order chi connectivity index (χ1) is 8.26. The summed E-state index contributed by atoms with van der Waals surface area (Å²) >= 11 is 0. The Labute approximate surface area is 102 Å². The fourth-order valence-electron chi connectivity index (χ4n) is 1.52. The van der Waals surface area contributed by atoms with E-state index >= 15 is 0 Å². The molecule has 1 aromatic carbocycles. The van der Waals surface area contributed by atoms with Crippen LogP contribution >= 0.6 is 0 Å². The average molecular weight is 234 g/mol. The van der Waals surface area contributed by atoms with Crippen LogP contribution in [0.25, 0.3) is 0 Å². The normalized spacial score (nSPS) is 9.53. The lowest BCUT2D eigenvalue weighted by atomic mass is 10.1. The second-order valence-electron chi connectivity index (χ2n) is 3.36. The molecule has 4 nitrogen and oxygen atoms in total. The van der Waals surface area contributed by atoms with Gasteiger partial charge in [-0.05, 0) is 30.5 Å². The molecule has 1 radical (unpaired) electrons. The molecule has 0 unspecified atom stereocenters. The highest BCUT2D eigenvalue weighted by atomic mass is 16.5. The SMILES string of the molecule is COc1cc([CH]CCC#N)cc(OC)c1OC. The van der Waals surface area contributed by atoms with E-state index in [0.29, 0.717) is 30.1 Å². The van der Waals surface area contributed by atoms with Gasteiger partial charge in [0, 0.05) is 6.42 Å². The first kappa shape index (κ1) is 13.2. The van der Waals surface area contributed by atoms with Crippen molar-refractivity contribution in [2.75, 3.05) is 21.3 Å². The molecule has 1 rings (SSSR count). The van der Waals surface area contributed by atoms with Crippen molar-refractivity contribution < 1.29 is 14.2 Å². The summed E-state index contributed by atoms with van der Waals surface area (Å²) in [4.78, 5) is 0. The predicted molar refractivity (Wildman–Crippen MR) is 64.3 cm³/mol. The van der Waals surface area contributed by atoms with Crippen molar-refractivity contribution in [1.82, 2.24) is 0 Å². The predicted octanol–water partition coefficient (Wildman–Crippen LogP) is 2.57. The minimum absolute atomic E-state index is 0.497. The van der Waals surface area contributed by atoms with Crippen molar-refractivity contribution in [2.45, 2.75) is 12.8 Å². The molecular weight excluding hydrogens is 218 g/mol. The van der Waals surface area contributed by atoms with Crippen molar-refractivity contribution in [3.05, 3.63) is 24.1 Å². The van der Waals surface area contributed by atoms with Crippen molar-refractivity contribution in [2.24, 2.45) is 0 Å². The molecule has 0 spiro atoms. The van der Waals surface area contributed by atoms with Gasteiger partial charge in [0.05, 0.1) is 27.4 Å². The second kappa shape index (κ2) is 6.64. The van der Waals surface area contributed by atoms with Crippen LogP contribution in [0.3, 0.4) is 0 Å². The zero-order chi connectivity index (χ0) is 12.7. The molecule has 4 heteroatoms. The van der Waals surface area contributed by atoms with E-state index in [1.54, 1.807) is 21.3 Å². The first-order valence-electron chi connectivity index (χ1n) is 5.27. The van der Waals surface area contributed by atoms with Crippen molar-refractivity contribution >= 4 is 0 Å². The van der Waals surface area contributed by atoms with Gasteiger partial charge in [0.15, 0.2) is 11.5 Å². The van der Waals surface area contributed by atoms with Crippen molar-refractivity contribution in [1.29, 1.82) is 5.26 Å². The van der Waals surface area contributed by atoms with Crippen LogP contribution in [-0.4, -0.2) is 21.3 Å². The highest BCUT2D eigenvalue weighted by Gasteiger charge is 2.12. The Bertz CT molecular complexity index is 385. The van der Waals surface area contributed by atoms with Crippen molar-refractivity contribution in [3.63, 3.8) is 0 Å². The molecule has 0 saturated carbocycles. The summed E-state index contributed by atoms with van der Waals surface area (Å²) in [7, 11) is 4.73. The molecule has 0 amide bonds. The van der Waals surface area contributed by atoms with E-state index in [1.165, 1.54) is 0 Å². The van der Waals surface area contributed by atoms with Crippen LogP contribution in [0.1, 0.15) is 18.4 Å². The Hall–Kier alpha value is -1.89. The molecule has 0 atom stereocenters. The highest BCUT2D eigenvalue weighted by Crippen LogP contribution is 2.38. The highest BCUT2D eigenvalue weighted by molar-refractivity contribution is 5.55. The molecule has 0 N–H and O–H groups in total. The molecule has 0 bridgehead atoms. The third-order valence-electron chi connectivity index (χ3n) is 2.32. The van der Waals surface area contributed by atoms with E-state index in [-0.39, 0.29) is 0 Å². The van der Waals surface area contributed by atoms with Crippen LogP contribution in [-0.2, 0) is 0 Å². The molecular formula is C13H16NO3. The van der Waals surface area contributed by atoms with Crippen LogP contribution in [0.15, 0.2) is 12.1 Å². The van der Waals surface area contributed by atoms with Gasteiger partial charge in [-0.15, -0.1) is 0 Å². The molecule has 17 heavy (non-hydrogen) atoms. The lowest BCUT2D eigenvalue weighted by Gasteiger charge is -2.13. The number of hydrogen-bond donors (Lipinski definition) is 0. The fourth-order valence-corrected chi connectivity index (χ4v) is 1.52. The molecule has 0 aromatic heterocycles. The monoisotopic (exact) mass is 234 g/mol. The molecule has 0 fully saturated rings. The number of benzene rings is 1. The Kier molecular flexibility index (Phi) is 5.15. The molecule has 91 valence electrons. The van der Waals surface area contributed by atoms with Gasteiger partial charge in [0.1, 0.15) is 0 Å². The Balaban J connectivity index is 2.97. The largest absolute Gasteiger partial charge is 0.493 e. The molecule has 1 aromatic rings. The lowest BCUT2D eigenvalue weighted by Crippen LogP contribution is -1.96. The minimum atomic E-state index is 0.497. The Morgan fingerprint density at radius 2 is 1.71 bits per heavy atom. The maximum absolute atomic E-state index is 8.49. The van der Waals surface area contributed by atoms with Crippen LogP contribution in [0.4, 0.5) is 0 Å². The summed E-state index contributed by atoms with van der Waals surface area (Å²) in [5.41, 5.74) is 0.953. The molecule has 0 heterocycles. The number of rotatable bonds is 6. The topological polar surface area (TPSA) is 51.5 Å². The van der Waals surface area contributed by atoms with Gasteiger partial charge in [-0.3, -0.25) is 0 Å². The van der Waals surface area contributed by atoms with Gasteiger partial charge < -0.3 is 14.2 Å². The smallest absolute Gasteiger partial charge is 0.203 e. The van der Waals surface area contributed by atoms with E-state index in [9.17, 15) is 0 Å². The molecule has 0 saturated heterocycles. The van der Waals surface area contributed by atoms with E-state index < -0.39 is 0 Å². The zero-order valence-electron chi connectivity index (χ0n) is 10.3. The number of unbranched alkanes of at least 4 members (excludes halogenated alkanes) is 1. The van der Waals surface area contributed by atoms with Crippen LogP contribution in [0.2, 0.25) is 0 Å². The van der Waals surface area contributed by atoms with E-state index in [0.717, 1.165) is 5.56 Å². The fraction of sp³-hybridized carbons (Fsp3) is 0.385. The third kappa shape index (κ3) is 3.28. The third-order valence-corrected chi connectivity index (χ3v) is 2.32. The van der Waals surface area contributed by atoms with Crippen LogP contribution in [0, 0.1) is 17.8 Å². The standard InChI is InChI=1S/C13H16NO3/c1-15-11-8-10(6-4-5-7-14)9-12(16-2)13(11)17-3/h6,8-9H,4-5H2,1-3H3. The number of ether oxygens (including phenoxy) is 3. The van der Waals surface area contributed by atoms with Crippen molar-refractivity contribution in [3.8, 4) is 23.3 Å². The van der Waals surface area contributed by atoms with Gasteiger partial charge in [-0.2, -0.15) is 5.26 Å². The maximum Gasteiger partial charge on any atom is 0.203 e. The number of nitrogens with zero attached hydrogens (tertiary/aromatic N) is 1. The van der Waals surface area contributed by atoms with Crippen LogP contribution in [0.5, 0.6) is 17.2 Å². The van der Waals surface area contributed by atoms with Gasteiger partial charge >= 0.3 is 0 Å². The van der Waals surface area contributed by atoms with E-state index in [1.807, 2.05) is 18.6 Å². The number of hydrogen-bond acceptors (Lipinski definition) is 4. The summed E-state index contributed by atoms with van der Waals surface area (Å²) in [6.07, 6.45) is 3.17. The average Bonchev–Trinajstić information content (AvgIpc) is 2.37. The summed E-state index contributed by atoms with van der Waals surface area (Å²) in [5, 5.41) is 8.49.